The fourth-order valence-electron chi connectivity index (χ4n) is 3.52. The minimum atomic E-state index is -0.398. The summed E-state index contributed by atoms with van der Waals surface area (Å²) in [5.41, 5.74) is 3.05. The van der Waals surface area contributed by atoms with E-state index in [2.05, 4.69) is 4.99 Å². The molecule has 1 unspecified atom stereocenters. The maximum Gasteiger partial charge on any atom is 0.258 e. The molecule has 4 rings (SSSR count). The molecule has 1 aliphatic rings. The first-order chi connectivity index (χ1) is 13.9. The third-order valence-electron chi connectivity index (χ3n) is 4.87. The first-order valence-electron chi connectivity index (χ1n) is 9.15. The van der Waals surface area contributed by atoms with Crippen LogP contribution < -0.4 is 4.90 Å². The number of carbonyl (C=O) groups is 1. The normalized spacial score (nSPS) is 17.3. The number of hydrogen-bond acceptors (Lipinski definition) is 2. The van der Waals surface area contributed by atoms with E-state index in [1.165, 1.54) is 36.4 Å². The molecule has 0 aromatic heterocycles. The zero-order chi connectivity index (χ0) is 20.5. The van der Waals surface area contributed by atoms with E-state index in [0.29, 0.717) is 33.9 Å². The van der Waals surface area contributed by atoms with Crippen LogP contribution in [0.15, 0.2) is 71.7 Å². The van der Waals surface area contributed by atoms with Gasteiger partial charge in [0.2, 0.25) is 0 Å². The standard InChI is InChI=1S/C23H17ClF2N2O/c1-14-13-20(27-18-11-9-17(26)10-12-18)22-19(24)3-2-4-21(22)28(14)23(29)15-5-7-16(25)8-6-15/h2-12,14H,13H2,1H3. The summed E-state index contributed by atoms with van der Waals surface area (Å²) < 4.78 is 26.5. The third-order valence-corrected chi connectivity index (χ3v) is 5.18. The van der Waals surface area contributed by atoms with Crippen molar-refractivity contribution in [1.82, 2.24) is 0 Å². The molecular formula is C23H17ClF2N2O. The summed E-state index contributed by atoms with van der Waals surface area (Å²) >= 11 is 6.48. The predicted molar refractivity (Wildman–Crippen MR) is 111 cm³/mol. The molecule has 1 aliphatic heterocycles. The molecule has 0 aliphatic carbocycles. The molecule has 0 saturated carbocycles. The van der Waals surface area contributed by atoms with E-state index in [4.69, 9.17) is 11.6 Å². The van der Waals surface area contributed by atoms with Gasteiger partial charge in [0.05, 0.1) is 22.1 Å². The predicted octanol–water partition coefficient (Wildman–Crippen LogP) is 6.18. The molecule has 3 aromatic carbocycles. The molecule has 1 heterocycles. The summed E-state index contributed by atoms with van der Waals surface area (Å²) in [6.45, 7) is 1.92. The van der Waals surface area contributed by atoms with Crippen molar-refractivity contribution < 1.29 is 13.6 Å². The minimum absolute atomic E-state index is 0.197. The van der Waals surface area contributed by atoms with Gasteiger partial charge in [0.15, 0.2) is 0 Å². The summed E-state index contributed by atoms with van der Waals surface area (Å²) in [5.74, 6) is -0.965. The molecule has 0 saturated heterocycles. The van der Waals surface area contributed by atoms with Gasteiger partial charge in [0.25, 0.3) is 5.91 Å². The Morgan fingerprint density at radius 2 is 1.62 bits per heavy atom. The molecule has 1 atom stereocenters. The van der Waals surface area contributed by atoms with Gasteiger partial charge in [0, 0.05) is 23.6 Å². The van der Waals surface area contributed by atoms with Crippen LogP contribution in [0.5, 0.6) is 0 Å². The highest BCUT2D eigenvalue weighted by Gasteiger charge is 2.33. The van der Waals surface area contributed by atoms with E-state index < -0.39 is 5.82 Å². The van der Waals surface area contributed by atoms with Crippen molar-refractivity contribution in [3.63, 3.8) is 0 Å². The highest BCUT2D eigenvalue weighted by molar-refractivity contribution is 6.36. The van der Waals surface area contributed by atoms with Crippen molar-refractivity contribution in [3.05, 3.63) is 94.5 Å². The second kappa shape index (κ2) is 7.76. The van der Waals surface area contributed by atoms with Gasteiger partial charge in [0.1, 0.15) is 11.6 Å². The summed E-state index contributed by atoms with van der Waals surface area (Å²) in [4.78, 5) is 19.5. The first kappa shape index (κ1) is 19.3. The summed E-state index contributed by atoms with van der Waals surface area (Å²) in [7, 11) is 0. The Morgan fingerprint density at radius 1 is 1.00 bits per heavy atom. The molecule has 0 N–H and O–H groups in total. The second-order valence-corrected chi connectivity index (χ2v) is 7.31. The van der Waals surface area contributed by atoms with Crippen molar-refractivity contribution in [1.29, 1.82) is 0 Å². The van der Waals surface area contributed by atoms with Crippen LogP contribution in [0.2, 0.25) is 5.02 Å². The van der Waals surface area contributed by atoms with Crippen molar-refractivity contribution in [2.24, 2.45) is 4.99 Å². The van der Waals surface area contributed by atoms with Crippen LogP contribution in [0, 0.1) is 11.6 Å². The SMILES string of the molecule is CC1CC(=Nc2ccc(F)cc2)c2c(Cl)cccc2N1C(=O)c1ccc(F)cc1. The van der Waals surface area contributed by atoms with Crippen LogP contribution in [-0.2, 0) is 0 Å². The number of carbonyl (C=O) groups excluding carboxylic acids is 1. The van der Waals surface area contributed by atoms with Crippen LogP contribution in [-0.4, -0.2) is 17.7 Å². The number of halogens is 3. The summed E-state index contributed by atoms with van der Waals surface area (Å²) in [6.07, 6.45) is 0.473. The Labute approximate surface area is 172 Å². The Balaban J connectivity index is 1.80. The Morgan fingerprint density at radius 3 is 2.28 bits per heavy atom. The molecule has 3 nitrogen and oxygen atoms in total. The second-order valence-electron chi connectivity index (χ2n) is 6.90. The quantitative estimate of drug-likeness (QED) is 0.496. The van der Waals surface area contributed by atoms with E-state index in [1.807, 2.05) is 13.0 Å². The maximum atomic E-state index is 13.3. The molecule has 0 spiro atoms. The monoisotopic (exact) mass is 410 g/mol. The number of rotatable bonds is 2. The summed E-state index contributed by atoms with van der Waals surface area (Å²) in [6, 6.07) is 16.5. The molecule has 0 fully saturated rings. The van der Waals surface area contributed by atoms with Crippen LogP contribution in [0.4, 0.5) is 20.2 Å². The van der Waals surface area contributed by atoms with Crippen molar-refractivity contribution in [2.75, 3.05) is 4.90 Å². The smallest absolute Gasteiger partial charge is 0.258 e. The zero-order valence-electron chi connectivity index (χ0n) is 15.6. The number of anilines is 1. The van der Waals surface area contributed by atoms with Gasteiger partial charge in [-0.25, -0.2) is 8.78 Å². The number of aliphatic imine (C=N–C) groups is 1. The van der Waals surface area contributed by atoms with E-state index in [9.17, 15) is 13.6 Å². The maximum absolute atomic E-state index is 13.3. The lowest BCUT2D eigenvalue weighted by molar-refractivity contribution is 0.0978. The van der Waals surface area contributed by atoms with Gasteiger partial charge < -0.3 is 4.90 Å². The number of hydrogen-bond donors (Lipinski definition) is 0. The minimum Gasteiger partial charge on any atom is -0.304 e. The van der Waals surface area contributed by atoms with E-state index in [-0.39, 0.29) is 17.8 Å². The molecule has 1 amide bonds. The van der Waals surface area contributed by atoms with E-state index >= 15 is 0 Å². The molecular weight excluding hydrogens is 394 g/mol. The van der Waals surface area contributed by atoms with Crippen LogP contribution in [0.1, 0.15) is 29.3 Å². The number of benzene rings is 3. The van der Waals surface area contributed by atoms with Gasteiger partial charge in [-0.15, -0.1) is 0 Å². The highest BCUT2D eigenvalue weighted by atomic mass is 35.5. The number of nitrogens with zero attached hydrogens (tertiary/aromatic N) is 2. The largest absolute Gasteiger partial charge is 0.304 e. The van der Waals surface area contributed by atoms with Crippen LogP contribution >= 0.6 is 11.6 Å². The van der Waals surface area contributed by atoms with Crippen molar-refractivity contribution >= 4 is 34.6 Å². The Kier molecular flexibility index (Phi) is 5.16. The lowest BCUT2D eigenvalue weighted by Crippen LogP contribution is -2.44. The Hall–Kier alpha value is -3.05. The molecule has 6 heteroatoms. The van der Waals surface area contributed by atoms with E-state index in [1.54, 1.807) is 29.2 Å². The Bertz CT molecular complexity index is 1090. The van der Waals surface area contributed by atoms with Gasteiger partial charge >= 0.3 is 0 Å². The number of fused-ring (bicyclic) bond motifs is 1. The van der Waals surface area contributed by atoms with E-state index in [0.717, 1.165) is 5.71 Å². The third kappa shape index (κ3) is 3.78. The zero-order valence-corrected chi connectivity index (χ0v) is 16.3. The summed E-state index contributed by atoms with van der Waals surface area (Å²) in [5, 5.41) is 0.479. The first-order valence-corrected chi connectivity index (χ1v) is 9.53. The fourth-order valence-corrected chi connectivity index (χ4v) is 3.80. The lowest BCUT2D eigenvalue weighted by Gasteiger charge is -2.36. The fraction of sp³-hybridized carbons (Fsp3) is 0.130. The molecule has 0 radical (unpaired) electrons. The average molecular weight is 411 g/mol. The highest BCUT2D eigenvalue weighted by Crippen LogP contribution is 2.37. The molecule has 0 bridgehead atoms. The average Bonchev–Trinajstić information content (AvgIpc) is 2.70. The van der Waals surface area contributed by atoms with Gasteiger partial charge in [-0.3, -0.25) is 9.79 Å². The van der Waals surface area contributed by atoms with Gasteiger partial charge in [-0.05, 0) is 67.6 Å². The van der Waals surface area contributed by atoms with Crippen LogP contribution in [0.3, 0.4) is 0 Å². The van der Waals surface area contributed by atoms with Crippen LogP contribution in [0.25, 0.3) is 0 Å². The van der Waals surface area contributed by atoms with Gasteiger partial charge in [-0.2, -0.15) is 0 Å². The van der Waals surface area contributed by atoms with Gasteiger partial charge in [-0.1, -0.05) is 17.7 Å². The molecule has 146 valence electrons. The lowest BCUT2D eigenvalue weighted by atomic mass is 9.93. The topological polar surface area (TPSA) is 32.7 Å². The van der Waals surface area contributed by atoms with Crippen molar-refractivity contribution in [2.45, 2.75) is 19.4 Å². The molecule has 3 aromatic rings. The van der Waals surface area contributed by atoms with Crippen molar-refractivity contribution in [3.8, 4) is 0 Å². The number of amides is 1. The molecule has 29 heavy (non-hydrogen) atoms.